The maximum absolute atomic E-state index is 13.6. The number of aryl methyl sites for hydroxylation is 2. The van der Waals surface area contributed by atoms with Crippen molar-refractivity contribution in [3.63, 3.8) is 0 Å². The first-order valence-corrected chi connectivity index (χ1v) is 10.4. The summed E-state index contributed by atoms with van der Waals surface area (Å²) in [6.45, 7) is 3.97. The van der Waals surface area contributed by atoms with Gasteiger partial charge in [-0.3, -0.25) is 9.59 Å². The average Bonchev–Trinajstić information content (AvgIpc) is 2.98. The molecule has 2 amide bonds. The largest absolute Gasteiger partial charge is 0.495 e. The molecule has 0 saturated heterocycles. The molecule has 0 N–H and O–H groups in total. The van der Waals surface area contributed by atoms with Gasteiger partial charge in [-0.15, -0.1) is 0 Å². The maximum atomic E-state index is 13.6. The van der Waals surface area contributed by atoms with Gasteiger partial charge in [-0.25, -0.2) is 4.90 Å². The Balaban J connectivity index is 1.88. The Labute approximate surface area is 180 Å². The molecule has 4 nitrogen and oxygen atoms in total. The Kier molecular flexibility index (Phi) is 5.46. The van der Waals surface area contributed by atoms with Crippen molar-refractivity contribution in [2.24, 2.45) is 0 Å². The Morgan fingerprint density at radius 1 is 0.833 bits per heavy atom. The summed E-state index contributed by atoms with van der Waals surface area (Å²) >= 11 is 1.32. The highest BCUT2D eigenvalue weighted by molar-refractivity contribution is 8.04. The number of nitrogens with zero attached hydrogens (tertiary/aromatic N) is 1. The number of anilines is 1. The van der Waals surface area contributed by atoms with E-state index < -0.39 is 0 Å². The van der Waals surface area contributed by atoms with Crippen molar-refractivity contribution in [1.29, 1.82) is 0 Å². The van der Waals surface area contributed by atoms with Crippen molar-refractivity contribution in [2.45, 2.75) is 18.7 Å². The molecule has 4 rings (SSSR count). The van der Waals surface area contributed by atoms with Crippen LogP contribution >= 0.6 is 11.8 Å². The second-order valence-corrected chi connectivity index (χ2v) is 8.14. The van der Waals surface area contributed by atoms with Crippen molar-refractivity contribution in [3.8, 4) is 5.75 Å². The summed E-state index contributed by atoms with van der Waals surface area (Å²) < 4.78 is 5.42. The monoisotopic (exact) mass is 415 g/mol. The fraction of sp³-hybridized carbons (Fsp3) is 0.120. The van der Waals surface area contributed by atoms with Crippen LogP contribution in [0, 0.1) is 13.8 Å². The van der Waals surface area contributed by atoms with Gasteiger partial charge in [0.15, 0.2) is 0 Å². The van der Waals surface area contributed by atoms with Crippen LogP contribution in [0.2, 0.25) is 0 Å². The molecular weight excluding hydrogens is 394 g/mol. The van der Waals surface area contributed by atoms with E-state index in [4.69, 9.17) is 4.74 Å². The number of benzene rings is 3. The number of hydrogen-bond donors (Lipinski definition) is 0. The van der Waals surface area contributed by atoms with E-state index in [1.54, 1.807) is 18.2 Å². The van der Waals surface area contributed by atoms with E-state index in [9.17, 15) is 9.59 Å². The van der Waals surface area contributed by atoms with Gasteiger partial charge in [-0.1, -0.05) is 65.9 Å². The molecule has 1 aliphatic rings. The Hall–Kier alpha value is -3.31. The summed E-state index contributed by atoms with van der Waals surface area (Å²) in [6, 6.07) is 22.6. The molecule has 0 fully saturated rings. The normalized spacial score (nSPS) is 13.9. The third kappa shape index (κ3) is 3.53. The molecule has 5 heteroatoms. The topological polar surface area (TPSA) is 46.6 Å². The zero-order valence-electron chi connectivity index (χ0n) is 17.0. The number of imide groups is 1. The Bertz CT molecular complexity index is 1170. The van der Waals surface area contributed by atoms with E-state index in [-0.39, 0.29) is 11.8 Å². The lowest BCUT2D eigenvalue weighted by Crippen LogP contribution is -2.31. The number of rotatable bonds is 5. The van der Waals surface area contributed by atoms with E-state index in [0.29, 0.717) is 21.9 Å². The van der Waals surface area contributed by atoms with Crippen LogP contribution < -0.4 is 9.64 Å². The van der Waals surface area contributed by atoms with Gasteiger partial charge in [-0.05, 0) is 49.2 Å². The van der Waals surface area contributed by atoms with Crippen LogP contribution in [0.1, 0.15) is 16.7 Å². The van der Waals surface area contributed by atoms with Crippen molar-refractivity contribution < 1.29 is 14.3 Å². The summed E-state index contributed by atoms with van der Waals surface area (Å²) in [5.74, 6) is -0.201. The maximum Gasteiger partial charge on any atom is 0.273 e. The van der Waals surface area contributed by atoms with Crippen LogP contribution in [0.4, 0.5) is 5.69 Å². The third-order valence-electron chi connectivity index (χ3n) is 4.98. The number of amides is 2. The molecule has 0 aliphatic carbocycles. The molecule has 0 saturated carbocycles. The van der Waals surface area contributed by atoms with Crippen LogP contribution in [0.25, 0.3) is 5.57 Å². The number of para-hydroxylation sites is 2. The predicted molar refractivity (Wildman–Crippen MR) is 121 cm³/mol. The standard InChI is InChI=1S/C25H21NO3S/c1-16-13-14-19(17(2)15-16)22-23(30-18-9-5-4-6-10-18)25(28)26(24(22)27)20-11-7-8-12-21(20)29-3/h4-15H,1-3H3. The molecule has 3 aromatic rings. The SMILES string of the molecule is COc1ccccc1N1C(=O)C(Sc2ccccc2)=C(c2ccc(C)cc2C)C1=O. The van der Waals surface area contributed by atoms with Gasteiger partial charge in [0.1, 0.15) is 5.75 Å². The Morgan fingerprint density at radius 2 is 1.53 bits per heavy atom. The van der Waals surface area contributed by atoms with Crippen molar-refractivity contribution in [1.82, 2.24) is 0 Å². The quantitative estimate of drug-likeness (QED) is 0.524. The van der Waals surface area contributed by atoms with E-state index in [2.05, 4.69) is 0 Å². The van der Waals surface area contributed by atoms with Gasteiger partial charge in [-0.2, -0.15) is 0 Å². The predicted octanol–water partition coefficient (Wildman–Crippen LogP) is 5.39. The Morgan fingerprint density at radius 3 is 2.23 bits per heavy atom. The number of ether oxygens (including phenoxy) is 1. The van der Waals surface area contributed by atoms with E-state index in [1.165, 1.54) is 23.8 Å². The smallest absolute Gasteiger partial charge is 0.273 e. The second-order valence-electron chi connectivity index (χ2n) is 7.06. The minimum absolute atomic E-state index is 0.338. The summed E-state index contributed by atoms with van der Waals surface area (Å²) in [6.07, 6.45) is 0. The average molecular weight is 416 g/mol. The number of carbonyl (C=O) groups is 2. The lowest BCUT2D eigenvalue weighted by molar-refractivity contribution is -0.119. The summed E-state index contributed by atoms with van der Waals surface area (Å²) in [4.78, 5) is 29.7. The second kappa shape index (κ2) is 8.20. The lowest BCUT2D eigenvalue weighted by atomic mass is 9.98. The van der Waals surface area contributed by atoms with Crippen LogP contribution in [-0.2, 0) is 9.59 Å². The molecular formula is C25H21NO3S. The molecule has 0 atom stereocenters. The summed E-state index contributed by atoms with van der Waals surface area (Å²) in [5, 5.41) is 0. The highest BCUT2D eigenvalue weighted by Crippen LogP contribution is 2.43. The van der Waals surface area contributed by atoms with Gasteiger partial charge in [0.2, 0.25) is 0 Å². The summed E-state index contributed by atoms with van der Waals surface area (Å²) in [5.41, 5.74) is 3.71. The minimum atomic E-state index is -0.340. The van der Waals surface area contributed by atoms with Gasteiger partial charge in [0, 0.05) is 4.90 Å². The zero-order chi connectivity index (χ0) is 21.3. The van der Waals surface area contributed by atoms with Crippen LogP contribution in [0.5, 0.6) is 5.75 Å². The molecule has 150 valence electrons. The first-order valence-electron chi connectivity index (χ1n) is 9.58. The number of thioether (sulfide) groups is 1. The number of carbonyl (C=O) groups excluding carboxylic acids is 2. The molecule has 1 aliphatic heterocycles. The van der Waals surface area contributed by atoms with Gasteiger partial charge >= 0.3 is 0 Å². The van der Waals surface area contributed by atoms with Crippen LogP contribution in [0.3, 0.4) is 0 Å². The molecule has 30 heavy (non-hydrogen) atoms. The lowest BCUT2D eigenvalue weighted by Gasteiger charge is -2.18. The van der Waals surface area contributed by atoms with E-state index >= 15 is 0 Å². The third-order valence-corrected chi connectivity index (χ3v) is 6.07. The van der Waals surface area contributed by atoms with E-state index in [1.807, 2.05) is 68.4 Å². The van der Waals surface area contributed by atoms with Gasteiger partial charge < -0.3 is 4.74 Å². The molecule has 3 aromatic carbocycles. The van der Waals surface area contributed by atoms with E-state index in [0.717, 1.165) is 21.6 Å². The molecule has 0 radical (unpaired) electrons. The van der Waals surface area contributed by atoms with Gasteiger partial charge in [0.25, 0.3) is 11.8 Å². The summed E-state index contributed by atoms with van der Waals surface area (Å²) in [7, 11) is 1.53. The fourth-order valence-corrected chi connectivity index (χ4v) is 4.58. The highest BCUT2D eigenvalue weighted by atomic mass is 32.2. The fourth-order valence-electron chi connectivity index (χ4n) is 3.58. The molecule has 0 spiro atoms. The number of methoxy groups -OCH3 is 1. The first-order chi connectivity index (χ1) is 14.5. The van der Waals surface area contributed by atoms with Gasteiger partial charge in [0.05, 0.1) is 23.3 Å². The minimum Gasteiger partial charge on any atom is -0.495 e. The van der Waals surface area contributed by atoms with Crippen molar-refractivity contribution in [3.05, 3.63) is 94.4 Å². The van der Waals surface area contributed by atoms with Crippen molar-refractivity contribution in [2.75, 3.05) is 12.0 Å². The van der Waals surface area contributed by atoms with Crippen LogP contribution in [-0.4, -0.2) is 18.9 Å². The molecule has 0 bridgehead atoms. The van der Waals surface area contributed by atoms with Crippen LogP contribution in [0.15, 0.2) is 82.6 Å². The number of hydrogen-bond acceptors (Lipinski definition) is 4. The highest BCUT2D eigenvalue weighted by Gasteiger charge is 2.41. The molecule has 1 heterocycles. The zero-order valence-corrected chi connectivity index (χ0v) is 17.8. The van der Waals surface area contributed by atoms with Crippen molar-refractivity contribution >= 4 is 34.8 Å². The molecule has 0 aromatic heterocycles. The first kappa shape index (κ1) is 20.0. The molecule has 0 unspecified atom stereocenters.